The van der Waals surface area contributed by atoms with Crippen LogP contribution in [0.1, 0.15) is 5.56 Å². The van der Waals surface area contributed by atoms with Crippen molar-refractivity contribution in [2.24, 2.45) is 0 Å². The molecule has 1 heterocycles. The quantitative estimate of drug-likeness (QED) is 0.565. The van der Waals surface area contributed by atoms with Crippen molar-refractivity contribution in [1.29, 1.82) is 0 Å². The van der Waals surface area contributed by atoms with Crippen LogP contribution in [0.25, 0.3) is 21.9 Å². The molecule has 0 amide bonds. The molecule has 0 aliphatic heterocycles. The zero-order valence-electron chi connectivity index (χ0n) is 13.3. The molecule has 0 atom stereocenters. The summed E-state index contributed by atoms with van der Waals surface area (Å²) in [6.45, 7) is 3.64. The molecule has 0 fully saturated rings. The fraction of sp³-hybridized carbons (Fsp3) is 0.167. The molecule has 0 aliphatic carbocycles. The second-order valence-electron chi connectivity index (χ2n) is 5.23. The highest BCUT2D eigenvalue weighted by molar-refractivity contribution is 5.98. The Bertz CT molecular complexity index is 1020. The molecule has 1 aromatic heterocycles. The first kappa shape index (κ1) is 15.7. The summed E-state index contributed by atoms with van der Waals surface area (Å²) >= 11 is 0. The summed E-state index contributed by atoms with van der Waals surface area (Å²) in [4.78, 5) is 12.8. The van der Waals surface area contributed by atoms with Crippen LogP contribution >= 0.6 is 0 Å². The van der Waals surface area contributed by atoms with Crippen molar-refractivity contribution < 1.29 is 24.1 Å². The molecule has 0 radical (unpaired) electrons. The molecule has 0 aliphatic rings. The third kappa shape index (κ3) is 2.23. The Balaban J connectivity index is 2.52. The van der Waals surface area contributed by atoms with Crippen molar-refractivity contribution in [2.45, 2.75) is 6.42 Å². The highest BCUT2D eigenvalue weighted by Gasteiger charge is 2.21. The van der Waals surface area contributed by atoms with Crippen LogP contribution < -0.4 is 14.9 Å². The number of fused-ring (bicyclic) bond motifs is 2. The van der Waals surface area contributed by atoms with Crippen molar-refractivity contribution in [3.05, 3.63) is 46.6 Å². The summed E-state index contributed by atoms with van der Waals surface area (Å²) in [6, 6.07) is 4.40. The van der Waals surface area contributed by atoms with Crippen LogP contribution in [0.4, 0.5) is 0 Å². The van der Waals surface area contributed by atoms with Crippen LogP contribution in [-0.2, 0) is 6.42 Å². The first-order valence-electron chi connectivity index (χ1n) is 7.19. The van der Waals surface area contributed by atoms with Gasteiger partial charge in [-0.15, -0.1) is 6.58 Å². The van der Waals surface area contributed by atoms with Gasteiger partial charge in [0, 0.05) is 17.7 Å². The maximum atomic E-state index is 12.8. The van der Waals surface area contributed by atoms with E-state index in [0.29, 0.717) is 17.7 Å². The number of hydrogen-bond donors (Lipinski definition) is 2. The molecule has 3 aromatic rings. The van der Waals surface area contributed by atoms with E-state index in [0.717, 1.165) is 0 Å². The minimum Gasteiger partial charge on any atom is -0.507 e. The first-order chi connectivity index (χ1) is 11.5. The summed E-state index contributed by atoms with van der Waals surface area (Å²) in [7, 11) is 2.80. The van der Waals surface area contributed by atoms with Crippen molar-refractivity contribution >= 4 is 21.9 Å². The SMILES string of the molecule is C=CCc1cc2oc3cc(OC)cc(O)c3c(=O)c2c(OC)c1O. The standard InChI is InChI=1S/C18H16O6/c1-4-5-9-6-12-15(18(23-3)16(9)20)17(21)14-11(19)7-10(22-2)8-13(14)24-12/h4,6-8,19-20H,1,5H2,2-3H3. The van der Waals surface area contributed by atoms with Crippen LogP contribution in [-0.4, -0.2) is 24.4 Å². The van der Waals surface area contributed by atoms with Crippen molar-refractivity contribution in [3.8, 4) is 23.0 Å². The molecule has 2 aromatic carbocycles. The fourth-order valence-electron chi connectivity index (χ4n) is 2.73. The summed E-state index contributed by atoms with van der Waals surface area (Å²) < 4.78 is 16.1. The Morgan fingerprint density at radius 2 is 1.83 bits per heavy atom. The van der Waals surface area contributed by atoms with E-state index in [1.807, 2.05) is 0 Å². The lowest BCUT2D eigenvalue weighted by Gasteiger charge is -2.12. The third-order valence-corrected chi connectivity index (χ3v) is 3.83. The number of phenols is 2. The number of phenolic OH excluding ortho intramolecular Hbond substituents is 2. The van der Waals surface area contributed by atoms with Crippen LogP contribution in [0.15, 0.2) is 40.1 Å². The Hall–Kier alpha value is -3.15. The molecular formula is C18H16O6. The Morgan fingerprint density at radius 1 is 1.12 bits per heavy atom. The number of methoxy groups -OCH3 is 2. The number of aromatic hydroxyl groups is 2. The van der Waals surface area contributed by atoms with Gasteiger partial charge in [-0.3, -0.25) is 4.79 Å². The minimum atomic E-state index is -0.497. The largest absolute Gasteiger partial charge is 0.507 e. The molecule has 0 saturated heterocycles. The summed E-state index contributed by atoms with van der Waals surface area (Å²) in [5.74, 6) is -0.0453. The predicted octanol–water partition coefficient (Wildman–Crippen LogP) is 3.10. The summed E-state index contributed by atoms with van der Waals surface area (Å²) in [6.07, 6.45) is 2.00. The maximum absolute atomic E-state index is 12.8. The second kappa shape index (κ2) is 5.81. The van der Waals surface area contributed by atoms with Gasteiger partial charge in [-0.25, -0.2) is 0 Å². The lowest BCUT2D eigenvalue weighted by atomic mass is 10.0. The van der Waals surface area contributed by atoms with Gasteiger partial charge in [-0.05, 0) is 12.5 Å². The minimum absolute atomic E-state index is 0.00234. The smallest absolute Gasteiger partial charge is 0.208 e. The van der Waals surface area contributed by atoms with Gasteiger partial charge in [-0.1, -0.05) is 6.08 Å². The summed E-state index contributed by atoms with van der Waals surface area (Å²) in [5.41, 5.74) is 0.445. The molecule has 0 unspecified atom stereocenters. The molecule has 3 rings (SSSR count). The Morgan fingerprint density at radius 3 is 2.46 bits per heavy atom. The number of hydrogen-bond acceptors (Lipinski definition) is 6. The van der Waals surface area contributed by atoms with E-state index in [2.05, 4.69) is 6.58 Å². The van der Waals surface area contributed by atoms with Gasteiger partial charge in [-0.2, -0.15) is 0 Å². The van der Waals surface area contributed by atoms with E-state index >= 15 is 0 Å². The molecule has 0 bridgehead atoms. The van der Waals surface area contributed by atoms with Gasteiger partial charge >= 0.3 is 0 Å². The van der Waals surface area contributed by atoms with Crippen LogP contribution in [0.3, 0.4) is 0 Å². The van der Waals surface area contributed by atoms with E-state index in [4.69, 9.17) is 13.9 Å². The molecule has 0 saturated carbocycles. The number of benzene rings is 2. The van der Waals surface area contributed by atoms with E-state index < -0.39 is 5.43 Å². The zero-order chi connectivity index (χ0) is 17.4. The van der Waals surface area contributed by atoms with Gasteiger partial charge in [0.15, 0.2) is 11.5 Å². The first-order valence-corrected chi connectivity index (χ1v) is 7.19. The van der Waals surface area contributed by atoms with E-state index in [-0.39, 0.29) is 39.2 Å². The highest BCUT2D eigenvalue weighted by Crippen LogP contribution is 2.39. The topological polar surface area (TPSA) is 89.1 Å². The summed E-state index contributed by atoms with van der Waals surface area (Å²) in [5, 5.41) is 20.5. The average Bonchev–Trinajstić information content (AvgIpc) is 2.56. The van der Waals surface area contributed by atoms with Gasteiger partial charge in [0.05, 0.1) is 14.2 Å². The molecular weight excluding hydrogens is 312 g/mol. The van der Waals surface area contributed by atoms with Gasteiger partial charge in [0.2, 0.25) is 5.43 Å². The van der Waals surface area contributed by atoms with E-state index in [1.165, 1.54) is 26.4 Å². The lowest BCUT2D eigenvalue weighted by Crippen LogP contribution is -2.06. The molecule has 2 N–H and O–H groups in total. The number of ether oxygens (including phenoxy) is 2. The van der Waals surface area contributed by atoms with E-state index in [1.54, 1.807) is 12.1 Å². The Labute approximate surface area is 137 Å². The van der Waals surface area contributed by atoms with Crippen LogP contribution in [0, 0.1) is 0 Å². The number of rotatable bonds is 4. The lowest BCUT2D eigenvalue weighted by molar-refractivity contribution is 0.375. The van der Waals surface area contributed by atoms with Gasteiger partial charge < -0.3 is 24.1 Å². The van der Waals surface area contributed by atoms with Crippen molar-refractivity contribution in [1.82, 2.24) is 0 Å². The van der Waals surface area contributed by atoms with Gasteiger partial charge in [0.1, 0.15) is 33.4 Å². The zero-order valence-corrected chi connectivity index (χ0v) is 13.3. The second-order valence-corrected chi connectivity index (χ2v) is 5.23. The molecule has 0 spiro atoms. The average molecular weight is 328 g/mol. The van der Waals surface area contributed by atoms with Gasteiger partial charge in [0.25, 0.3) is 0 Å². The number of allylic oxidation sites excluding steroid dienone is 1. The molecule has 6 nitrogen and oxygen atoms in total. The fourth-order valence-corrected chi connectivity index (χ4v) is 2.73. The monoisotopic (exact) mass is 328 g/mol. The molecule has 124 valence electrons. The molecule has 6 heteroatoms. The Kier molecular flexibility index (Phi) is 3.81. The van der Waals surface area contributed by atoms with Crippen molar-refractivity contribution in [2.75, 3.05) is 14.2 Å². The maximum Gasteiger partial charge on any atom is 0.208 e. The third-order valence-electron chi connectivity index (χ3n) is 3.83. The molecule has 24 heavy (non-hydrogen) atoms. The van der Waals surface area contributed by atoms with E-state index in [9.17, 15) is 15.0 Å². The van der Waals surface area contributed by atoms with Crippen LogP contribution in [0.5, 0.6) is 23.0 Å². The van der Waals surface area contributed by atoms with Crippen LogP contribution in [0.2, 0.25) is 0 Å². The predicted molar refractivity (Wildman–Crippen MR) is 90.3 cm³/mol. The normalized spacial score (nSPS) is 10.9. The highest BCUT2D eigenvalue weighted by atomic mass is 16.5. The van der Waals surface area contributed by atoms with Crippen molar-refractivity contribution in [3.63, 3.8) is 0 Å².